The summed E-state index contributed by atoms with van der Waals surface area (Å²) in [6.07, 6.45) is 2.47. The molecule has 7 nitrogen and oxygen atoms in total. The third kappa shape index (κ3) is 5.77. The van der Waals surface area contributed by atoms with E-state index in [1.807, 2.05) is 30.3 Å². The molecule has 0 aliphatic carbocycles. The summed E-state index contributed by atoms with van der Waals surface area (Å²) in [6, 6.07) is 16.2. The van der Waals surface area contributed by atoms with Crippen LogP contribution in [-0.4, -0.2) is 37.2 Å². The van der Waals surface area contributed by atoms with Crippen molar-refractivity contribution in [2.24, 2.45) is 4.99 Å². The molecule has 0 fully saturated rings. The van der Waals surface area contributed by atoms with Gasteiger partial charge in [0, 0.05) is 5.56 Å². The summed E-state index contributed by atoms with van der Waals surface area (Å²) in [4.78, 5) is 16.3. The summed E-state index contributed by atoms with van der Waals surface area (Å²) in [5.41, 5.74) is 1.72. The number of hydrogen-bond acceptors (Lipinski definition) is 6. The molecule has 0 saturated carbocycles. The van der Waals surface area contributed by atoms with E-state index >= 15 is 0 Å². The number of ether oxygens (including phenoxy) is 2. The van der Waals surface area contributed by atoms with Gasteiger partial charge in [0.1, 0.15) is 5.75 Å². The Morgan fingerprint density at radius 3 is 2.43 bits per heavy atom. The Balaban J connectivity index is 1.58. The van der Waals surface area contributed by atoms with Crippen molar-refractivity contribution in [3.05, 3.63) is 71.4 Å². The van der Waals surface area contributed by atoms with Crippen LogP contribution < -0.4 is 4.74 Å². The highest BCUT2D eigenvalue weighted by Gasteiger charge is 2.23. The standard InChI is InChI=1S/C20H19NO6S/c22-20-18(21-19(27-20)16-6-2-1-3-7-16)14-15-8-10-17(11-9-15)26-12-4-5-13-28(23,24)25/h1-3,6-11,14H,4-5,12-13H2,(H,23,24,25)/b18-14+. The van der Waals surface area contributed by atoms with Crippen molar-refractivity contribution in [3.8, 4) is 5.75 Å². The fourth-order valence-electron chi connectivity index (χ4n) is 2.51. The first-order valence-corrected chi connectivity index (χ1v) is 10.3. The molecule has 2 aromatic rings. The topological polar surface area (TPSA) is 102 Å². The largest absolute Gasteiger partial charge is 0.494 e. The fraction of sp³-hybridized carbons (Fsp3) is 0.200. The maximum atomic E-state index is 12.0. The first-order chi connectivity index (χ1) is 13.4. The predicted molar refractivity (Wildman–Crippen MR) is 105 cm³/mol. The van der Waals surface area contributed by atoms with Gasteiger partial charge in [-0.2, -0.15) is 8.42 Å². The second-order valence-corrected chi connectivity index (χ2v) is 7.68. The molecular formula is C20H19NO6S. The van der Waals surface area contributed by atoms with E-state index in [0.29, 0.717) is 25.2 Å². The number of carbonyl (C=O) groups is 1. The van der Waals surface area contributed by atoms with Gasteiger partial charge < -0.3 is 9.47 Å². The van der Waals surface area contributed by atoms with E-state index in [1.165, 1.54) is 0 Å². The average molecular weight is 401 g/mol. The third-order valence-electron chi connectivity index (χ3n) is 3.89. The van der Waals surface area contributed by atoms with Crippen LogP contribution in [0.5, 0.6) is 5.75 Å². The minimum absolute atomic E-state index is 0.220. The monoisotopic (exact) mass is 401 g/mol. The van der Waals surface area contributed by atoms with Crippen molar-refractivity contribution in [1.82, 2.24) is 0 Å². The molecule has 1 aliphatic rings. The van der Waals surface area contributed by atoms with Crippen molar-refractivity contribution in [3.63, 3.8) is 0 Å². The van der Waals surface area contributed by atoms with Gasteiger partial charge in [0.05, 0.1) is 12.4 Å². The fourth-order valence-corrected chi connectivity index (χ4v) is 3.08. The molecule has 0 unspecified atom stereocenters. The number of unbranched alkanes of at least 4 members (excludes halogenated alkanes) is 1. The molecular weight excluding hydrogens is 382 g/mol. The second kappa shape index (κ2) is 8.81. The van der Waals surface area contributed by atoms with E-state index in [2.05, 4.69) is 4.99 Å². The van der Waals surface area contributed by atoms with Gasteiger partial charge in [-0.05, 0) is 48.7 Å². The minimum atomic E-state index is -3.92. The van der Waals surface area contributed by atoms with Crippen LogP contribution in [0.3, 0.4) is 0 Å². The molecule has 0 aromatic heterocycles. The zero-order chi connectivity index (χ0) is 20.0. The Morgan fingerprint density at radius 1 is 1.04 bits per heavy atom. The van der Waals surface area contributed by atoms with Crippen LogP contribution in [0, 0.1) is 0 Å². The number of esters is 1. The van der Waals surface area contributed by atoms with Gasteiger partial charge in [0.2, 0.25) is 5.90 Å². The van der Waals surface area contributed by atoms with E-state index in [0.717, 1.165) is 11.1 Å². The summed E-state index contributed by atoms with van der Waals surface area (Å²) in [6.45, 7) is 0.340. The van der Waals surface area contributed by atoms with Crippen molar-refractivity contribution in [2.45, 2.75) is 12.8 Å². The number of rotatable bonds is 8. The Bertz CT molecular complexity index is 995. The number of carbonyl (C=O) groups excluding carboxylic acids is 1. The van der Waals surface area contributed by atoms with Crippen molar-refractivity contribution in [1.29, 1.82) is 0 Å². The van der Waals surface area contributed by atoms with Crippen LogP contribution in [0.4, 0.5) is 0 Å². The Morgan fingerprint density at radius 2 is 1.75 bits per heavy atom. The van der Waals surface area contributed by atoms with Gasteiger partial charge in [-0.15, -0.1) is 0 Å². The zero-order valence-electron chi connectivity index (χ0n) is 14.9. The van der Waals surface area contributed by atoms with Gasteiger partial charge in [-0.1, -0.05) is 30.3 Å². The third-order valence-corrected chi connectivity index (χ3v) is 4.69. The van der Waals surface area contributed by atoms with E-state index < -0.39 is 16.1 Å². The lowest BCUT2D eigenvalue weighted by Crippen LogP contribution is -2.06. The molecule has 3 rings (SSSR count). The lowest BCUT2D eigenvalue weighted by molar-refractivity contribution is -0.129. The quantitative estimate of drug-likeness (QED) is 0.316. The maximum Gasteiger partial charge on any atom is 0.363 e. The minimum Gasteiger partial charge on any atom is -0.494 e. The van der Waals surface area contributed by atoms with E-state index in [9.17, 15) is 13.2 Å². The highest BCUT2D eigenvalue weighted by Crippen LogP contribution is 2.20. The summed E-state index contributed by atoms with van der Waals surface area (Å²) < 4.78 is 40.7. The number of aliphatic imine (C=N–C) groups is 1. The number of cyclic esters (lactones) is 1. The van der Waals surface area contributed by atoms with Crippen molar-refractivity contribution in [2.75, 3.05) is 12.4 Å². The normalized spacial score (nSPS) is 15.4. The molecule has 1 aliphatic heterocycles. The molecule has 0 bridgehead atoms. The molecule has 0 spiro atoms. The number of benzene rings is 2. The van der Waals surface area contributed by atoms with Crippen LogP contribution in [0.15, 0.2) is 65.3 Å². The molecule has 28 heavy (non-hydrogen) atoms. The number of nitrogens with zero attached hydrogens (tertiary/aromatic N) is 1. The first kappa shape index (κ1) is 19.8. The lowest BCUT2D eigenvalue weighted by atomic mass is 10.2. The molecule has 0 atom stereocenters. The molecule has 1 heterocycles. The van der Waals surface area contributed by atoms with Gasteiger partial charge in [-0.3, -0.25) is 4.55 Å². The van der Waals surface area contributed by atoms with Crippen LogP contribution in [0.25, 0.3) is 6.08 Å². The summed E-state index contributed by atoms with van der Waals surface area (Å²) >= 11 is 0. The number of hydrogen-bond donors (Lipinski definition) is 1. The van der Waals surface area contributed by atoms with Crippen LogP contribution in [0.2, 0.25) is 0 Å². The average Bonchev–Trinajstić information content (AvgIpc) is 3.03. The SMILES string of the molecule is O=C1OC(c2ccccc2)=N/C1=C/c1ccc(OCCCCS(=O)(=O)O)cc1. The summed E-state index contributed by atoms with van der Waals surface area (Å²) in [7, 11) is -3.92. The molecule has 0 amide bonds. The Labute approximate surface area is 163 Å². The predicted octanol–water partition coefficient (Wildman–Crippen LogP) is 3.08. The molecule has 8 heteroatoms. The highest BCUT2D eigenvalue weighted by molar-refractivity contribution is 7.85. The van der Waals surface area contributed by atoms with E-state index in [1.54, 1.807) is 30.3 Å². The van der Waals surface area contributed by atoms with E-state index in [4.69, 9.17) is 14.0 Å². The van der Waals surface area contributed by atoms with Crippen LogP contribution in [0.1, 0.15) is 24.0 Å². The van der Waals surface area contributed by atoms with Gasteiger partial charge >= 0.3 is 5.97 Å². The zero-order valence-corrected chi connectivity index (χ0v) is 15.8. The van der Waals surface area contributed by atoms with Crippen molar-refractivity contribution < 1.29 is 27.2 Å². The Hall–Kier alpha value is -2.97. The maximum absolute atomic E-state index is 12.0. The lowest BCUT2D eigenvalue weighted by Gasteiger charge is -2.06. The summed E-state index contributed by atoms with van der Waals surface area (Å²) in [5.74, 6) is 0.126. The second-order valence-electron chi connectivity index (χ2n) is 6.11. The van der Waals surface area contributed by atoms with Crippen LogP contribution >= 0.6 is 0 Å². The molecule has 0 saturated heterocycles. The molecule has 1 N–H and O–H groups in total. The van der Waals surface area contributed by atoms with Gasteiger partial charge in [0.15, 0.2) is 5.70 Å². The Kier molecular flexibility index (Phi) is 6.23. The van der Waals surface area contributed by atoms with Gasteiger partial charge in [-0.25, -0.2) is 9.79 Å². The first-order valence-electron chi connectivity index (χ1n) is 8.67. The molecule has 146 valence electrons. The van der Waals surface area contributed by atoms with Gasteiger partial charge in [0.25, 0.3) is 10.1 Å². The van der Waals surface area contributed by atoms with E-state index in [-0.39, 0.29) is 17.3 Å². The van der Waals surface area contributed by atoms with Crippen LogP contribution in [-0.2, 0) is 19.6 Å². The highest BCUT2D eigenvalue weighted by atomic mass is 32.2. The molecule has 2 aromatic carbocycles. The van der Waals surface area contributed by atoms with Crippen molar-refractivity contribution >= 4 is 28.1 Å². The summed E-state index contributed by atoms with van der Waals surface area (Å²) in [5, 5.41) is 0. The smallest absolute Gasteiger partial charge is 0.363 e. The molecule has 0 radical (unpaired) electrons.